The van der Waals surface area contributed by atoms with Crippen molar-refractivity contribution in [2.75, 3.05) is 172 Å². The van der Waals surface area contributed by atoms with Crippen molar-refractivity contribution in [3.63, 3.8) is 0 Å². The highest BCUT2D eigenvalue weighted by Gasteiger charge is 1.98. The van der Waals surface area contributed by atoms with Crippen molar-refractivity contribution in [2.45, 2.75) is 110 Å². The van der Waals surface area contributed by atoms with Crippen LogP contribution in [-0.4, -0.2) is 172 Å². The number of hydrogen-bond donors (Lipinski definition) is 1. The van der Waals surface area contributed by atoms with Gasteiger partial charge >= 0.3 is 0 Å². The van der Waals surface area contributed by atoms with Gasteiger partial charge < -0.3 is 62.2 Å². The molecule has 0 rings (SSSR count). The van der Waals surface area contributed by atoms with Crippen molar-refractivity contribution < 1.29 is 56.8 Å². The van der Waals surface area contributed by atoms with Gasteiger partial charge in [-0.05, 0) is 13.5 Å². The Kier molecular flexibility index (Phi) is 54.0. The van der Waals surface area contributed by atoms with Crippen LogP contribution in [-0.2, 0) is 56.8 Å². The lowest BCUT2D eigenvalue weighted by molar-refractivity contribution is -0.0283. The fourth-order valence-electron chi connectivity index (χ4n) is 5.45. The summed E-state index contributed by atoms with van der Waals surface area (Å²) in [5.41, 5.74) is 0. The van der Waals surface area contributed by atoms with Gasteiger partial charge in [0, 0.05) is 13.2 Å². The first kappa shape index (κ1) is 55.5. The molecule has 0 fully saturated rings. The monoisotopic (exact) mass is 812 g/mol. The topological polar surface area (TPSA) is 123 Å². The third-order valence-corrected chi connectivity index (χ3v) is 8.73. The third kappa shape index (κ3) is 53.5. The van der Waals surface area contributed by atoms with Crippen LogP contribution in [0.25, 0.3) is 0 Å². The molecule has 0 aliphatic heterocycles. The molecule has 13 nitrogen and oxygen atoms in total. The quantitative estimate of drug-likeness (QED) is 0.0660. The summed E-state index contributed by atoms with van der Waals surface area (Å²) in [6.45, 7) is 16.7. The van der Waals surface area contributed by atoms with Gasteiger partial charge in [-0.2, -0.15) is 0 Å². The minimum Gasteiger partial charge on any atom is -0.379 e. The first-order valence-corrected chi connectivity index (χ1v) is 22.5. The van der Waals surface area contributed by atoms with Gasteiger partial charge in [-0.3, -0.25) is 0 Å². The largest absolute Gasteiger partial charge is 0.379 e. The second-order valence-corrected chi connectivity index (χ2v) is 13.8. The van der Waals surface area contributed by atoms with Crippen molar-refractivity contribution >= 4 is 0 Å². The molecule has 0 amide bonds. The minimum atomic E-state index is 0.520. The summed E-state index contributed by atoms with van der Waals surface area (Å²) in [6.07, 6.45) is 22.2. The Balaban J connectivity index is 3.05. The van der Waals surface area contributed by atoms with Crippen molar-refractivity contribution in [2.24, 2.45) is 0 Å². The lowest BCUT2D eigenvalue weighted by atomic mass is 10.0. The maximum Gasteiger partial charge on any atom is 0.0701 e. The van der Waals surface area contributed by atoms with E-state index >= 15 is 0 Å². The molecule has 56 heavy (non-hydrogen) atoms. The van der Waals surface area contributed by atoms with Crippen LogP contribution in [0.2, 0.25) is 0 Å². The summed E-state index contributed by atoms with van der Waals surface area (Å²) in [4.78, 5) is 0. The van der Waals surface area contributed by atoms with Crippen molar-refractivity contribution in [3.8, 4) is 0 Å². The van der Waals surface area contributed by atoms with Crippen molar-refractivity contribution in [3.05, 3.63) is 0 Å². The molecular weight excluding hydrogens is 722 g/mol. The molecule has 13 heteroatoms. The SMILES string of the molecule is CCCCCCCCCCCCCCCCCCOCCOCCOCCOCCOCCOCCOCCOCCOCCOCCOCCOCCNC. The van der Waals surface area contributed by atoms with Crippen LogP contribution >= 0.6 is 0 Å². The standard InChI is InChI=1S/C43H89NO12/c1-3-4-5-6-7-8-9-10-11-12-13-14-15-16-17-18-20-45-22-24-47-26-28-49-30-32-51-34-36-53-38-40-55-42-43-56-41-39-54-37-35-52-33-31-50-29-27-48-25-23-46-21-19-44-2/h44H,3-43H2,1-2H3. The summed E-state index contributed by atoms with van der Waals surface area (Å²) in [6, 6.07) is 0. The molecule has 0 atom stereocenters. The Labute approximate surface area is 343 Å². The van der Waals surface area contributed by atoms with Gasteiger partial charge in [-0.15, -0.1) is 0 Å². The Morgan fingerprint density at radius 3 is 0.607 bits per heavy atom. The van der Waals surface area contributed by atoms with Crippen LogP contribution in [0.1, 0.15) is 110 Å². The Morgan fingerprint density at radius 2 is 0.393 bits per heavy atom. The molecule has 0 saturated carbocycles. The zero-order valence-electron chi connectivity index (χ0n) is 36.4. The fraction of sp³-hybridized carbons (Fsp3) is 1.00. The number of rotatable bonds is 53. The van der Waals surface area contributed by atoms with Crippen molar-refractivity contribution in [1.29, 1.82) is 0 Å². The van der Waals surface area contributed by atoms with Crippen LogP contribution in [0.3, 0.4) is 0 Å². The zero-order chi connectivity index (χ0) is 40.2. The first-order valence-electron chi connectivity index (χ1n) is 22.5. The minimum absolute atomic E-state index is 0.520. The van der Waals surface area contributed by atoms with Crippen molar-refractivity contribution in [1.82, 2.24) is 5.32 Å². The highest BCUT2D eigenvalue weighted by atomic mass is 16.6. The predicted octanol–water partition coefficient (Wildman–Crippen LogP) is 6.67. The van der Waals surface area contributed by atoms with Gasteiger partial charge in [0.05, 0.1) is 152 Å². The molecule has 338 valence electrons. The molecule has 0 heterocycles. The van der Waals surface area contributed by atoms with Crippen LogP contribution in [0.5, 0.6) is 0 Å². The fourth-order valence-corrected chi connectivity index (χ4v) is 5.45. The number of likely N-dealkylation sites (N-methyl/N-ethyl adjacent to an activating group) is 1. The highest BCUT2D eigenvalue weighted by molar-refractivity contribution is 4.50. The van der Waals surface area contributed by atoms with E-state index in [0.29, 0.717) is 152 Å². The number of ether oxygens (including phenoxy) is 12. The van der Waals surface area contributed by atoms with Gasteiger partial charge in [0.2, 0.25) is 0 Å². The Bertz CT molecular complexity index is 616. The smallest absolute Gasteiger partial charge is 0.0701 e. The van der Waals surface area contributed by atoms with E-state index in [1.165, 1.54) is 96.3 Å². The summed E-state index contributed by atoms with van der Waals surface area (Å²) in [7, 11) is 1.90. The van der Waals surface area contributed by atoms with E-state index < -0.39 is 0 Å². The van der Waals surface area contributed by atoms with Crippen LogP contribution in [0, 0.1) is 0 Å². The average molecular weight is 812 g/mol. The van der Waals surface area contributed by atoms with Gasteiger partial charge in [-0.25, -0.2) is 0 Å². The lowest BCUT2D eigenvalue weighted by Gasteiger charge is -2.09. The first-order chi connectivity index (χ1) is 27.9. The van der Waals surface area contributed by atoms with E-state index in [1.54, 1.807) is 0 Å². The summed E-state index contributed by atoms with van der Waals surface area (Å²) < 4.78 is 66.2. The van der Waals surface area contributed by atoms with Gasteiger partial charge in [0.25, 0.3) is 0 Å². The van der Waals surface area contributed by atoms with E-state index in [9.17, 15) is 0 Å². The number of unbranched alkanes of at least 4 members (excludes halogenated alkanes) is 15. The van der Waals surface area contributed by atoms with E-state index in [2.05, 4.69) is 12.2 Å². The second-order valence-electron chi connectivity index (χ2n) is 13.8. The molecule has 1 N–H and O–H groups in total. The molecule has 0 aliphatic carbocycles. The molecule has 0 saturated heterocycles. The Morgan fingerprint density at radius 1 is 0.214 bits per heavy atom. The molecule has 0 bridgehead atoms. The summed E-state index contributed by atoms with van der Waals surface area (Å²) in [5.74, 6) is 0. The maximum atomic E-state index is 5.70. The van der Waals surface area contributed by atoms with Crippen LogP contribution in [0.4, 0.5) is 0 Å². The predicted molar refractivity (Wildman–Crippen MR) is 223 cm³/mol. The highest BCUT2D eigenvalue weighted by Crippen LogP contribution is 2.13. The maximum absolute atomic E-state index is 5.70. The van der Waals surface area contributed by atoms with E-state index in [4.69, 9.17) is 56.8 Å². The summed E-state index contributed by atoms with van der Waals surface area (Å²) in [5, 5.41) is 3.03. The van der Waals surface area contributed by atoms with Crippen LogP contribution in [0.15, 0.2) is 0 Å². The Hall–Kier alpha value is -0.520. The molecular formula is C43H89NO12. The van der Waals surface area contributed by atoms with Crippen LogP contribution < -0.4 is 5.32 Å². The van der Waals surface area contributed by atoms with E-state index in [0.717, 1.165) is 19.6 Å². The van der Waals surface area contributed by atoms with E-state index in [1.807, 2.05) is 7.05 Å². The average Bonchev–Trinajstić information content (AvgIpc) is 3.21. The molecule has 0 aromatic heterocycles. The lowest BCUT2D eigenvalue weighted by Crippen LogP contribution is -2.17. The molecule has 0 aromatic rings. The van der Waals surface area contributed by atoms with Gasteiger partial charge in [0.1, 0.15) is 0 Å². The zero-order valence-corrected chi connectivity index (χ0v) is 36.4. The molecule has 0 spiro atoms. The summed E-state index contributed by atoms with van der Waals surface area (Å²) >= 11 is 0. The molecule has 0 unspecified atom stereocenters. The molecule has 0 aromatic carbocycles. The number of hydrogen-bond acceptors (Lipinski definition) is 13. The van der Waals surface area contributed by atoms with E-state index in [-0.39, 0.29) is 0 Å². The normalized spacial score (nSPS) is 11.7. The number of nitrogens with one attached hydrogen (secondary N) is 1. The third-order valence-electron chi connectivity index (χ3n) is 8.73. The van der Waals surface area contributed by atoms with Gasteiger partial charge in [-0.1, -0.05) is 103 Å². The molecule has 0 aliphatic rings. The second kappa shape index (κ2) is 54.5. The molecule has 0 radical (unpaired) electrons. The van der Waals surface area contributed by atoms with Gasteiger partial charge in [0.15, 0.2) is 0 Å².